The zero-order valence-corrected chi connectivity index (χ0v) is 13.8. The molecule has 0 aliphatic carbocycles. The summed E-state index contributed by atoms with van der Waals surface area (Å²) in [7, 11) is 1.36. The Morgan fingerprint density at radius 2 is 2.10 bits per heavy atom. The molecular weight excluding hydrogens is 270 g/mol. The van der Waals surface area contributed by atoms with Crippen LogP contribution in [-0.2, 0) is 15.9 Å². The lowest BCUT2D eigenvalue weighted by atomic mass is 9.94. The summed E-state index contributed by atoms with van der Waals surface area (Å²) in [5.74, 6) is -0.430. The van der Waals surface area contributed by atoms with Crippen molar-refractivity contribution < 1.29 is 14.3 Å². The number of nitrogens with zero attached hydrogens (tertiary/aromatic N) is 3. The van der Waals surface area contributed by atoms with Gasteiger partial charge >= 0.3 is 5.97 Å². The van der Waals surface area contributed by atoms with E-state index in [1.165, 1.54) is 7.11 Å². The molecule has 2 rings (SSSR count). The summed E-state index contributed by atoms with van der Waals surface area (Å²) in [6, 6.07) is 0.0555. The highest BCUT2D eigenvalue weighted by molar-refractivity contribution is 5.88. The predicted octanol–water partition coefficient (Wildman–Crippen LogP) is 2.54. The van der Waals surface area contributed by atoms with Gasteiger partial charge in [-0.1, -0.05) is 18.6 Å². The van der Waals surface area contributed by atoms with Crippen molar-refractivity contribution in [2.75, 3.05) is 7.11 Å². The molecular formula is C15H25N3O3. The number of aromatic nitrogens is 3. The third kappa shape index (κ3) is 2.95. The van der Waals surface area contributed by atoms with E-state index in [0.29, 0.717) is 5.69 Å². The lowest BCUT2D eigenvalue weighted by Crippen LogP contribution is -2.32. The number of hydrogen-bond donors (Lipinski definition) is 0. The Bertz CT molecular complexity index is 534. The number of esters is 1. The van der Waals surface area contributed by atoms with Crippen molar-refractivity contribution in [2.45, 2.75) is 71.1 Å². The number of methoxy groups -OCH3 is 1. The second kappa shape index (κ2) is 5.40. The maximum Gasteiger partial charge on any atom is 0.360 e. The second-order valence-electron chi connectivity index (χ2n) is 6.76. The molecule has 1 atom stereocenters. The third-order valence-corrected chi connectivity index (χ3v) is 3.98. The van der Waals surface area contributed by atoms with Gasteiger partial charge in [0, 0.05) is 6.42 Å². The van der Waals surface area contributed by atoms with E-state index in [1.807, 2.05) is 4.68 Å². The van der Waals surface area contributed by atoms with Gasteiger partial charge in [0.25, 0.3) is 0 Å². The number of rotatable bonds is 4. The maximum atomic E-state index is 11.9. The molecule has 1 fully saturated rings. The molecule has 0 radical (unpaired) electrons. The van der Waals surface area contributed by atoms with Gasteiger partial charge in [0.15, 0.2) is 5.69 Å². The monoisotopic (exact) mass is 295 g/mol. The van der Waals surface area contributed by atoms with Gasteiger partial charge in [-0.05, 0) is 34.1 Å². The van der Waals surface area contributed by atoms with Crippen LogP contribution >= 0.6 is 0 Å². The lowest BCUT2D eigenvalue weighted by Gasteiger charge is -2.27. The number of carbonyl (C=O) groups is 1. The highest BCUT2D eigenvalue weighted by Crippen LogP contribution is 2.45. The minimum absolute atomic E-state index is 0.0555. The first kappa shape index (κ1) is 15.9. The van der Waals surface area contributed by atoms with E-state index in [4.69, 9.17) is 9.47 Å². The molecule has 2 heterocycles. The Kier molecular flexibility index (Phi) is 4.10. The number of ether oxygens (including phenoxy) is 2. The Hall–Kier alpha value is -1.43. The Morgan fingerprint density at radius 3 is 2.57 bits per heavy atom. The summed E-state index contributed by atoms with van der Waals surface area (Å²) in [6.45, 7) is 10.3. The van der Waals surface area contributed by atoms with E-state index >= 15 is 0 Å². The summed E-state index contributed by atoms with van der Waals surface area (Å²) in [5, 5.41) is 8.28. The minimum atomic E-state index is -0.430. The van der Waals surface area contributed by atoms with Gasteiger partial charge in [-0.3, -0.25) is 0 Å². The van der Waals surface area contributed by atoms with E-state index in [0.717, 1.165) is 25.0 Å². The molecule has 0 N–H and O–H groups in total. The fraction of sp³-hybridized carbons (Fsp3) is 0.800. The molecule has 21 heavy (non-hydrogen) atoms. The maximum absolute atomic E-state index is 11.9. The predicted molar refractivity (Wildman–Crippen MR) is 78.3 cm³/mol. The van der Waals surface area contributed by atoms with Crippen molar-refractivity contribution in [2.24, 2.45) is 0 Å². The first-order valence-corrected chi connectivity index (χ1v) is 7.44. The molecule has 0 saturated carbocycles. The van der Waals surface area contributed by atoms with Gasteiger partial charge in [0.1, 0.15) is 0 Å². The first-order valence-electron chi connectivity index (χ1n) is 7.44. The van der Waals surface area contributed by atoms with Crippen LogP contribution in [0.3, 0.4) is 0 Å². The Balaban J connectivity index is 2.44. The van der Waals surface area contributed by atoms with Gasteiger partial charge < -0.3 is 9.47 Å². The first-order chi connectivity index (χ1) is 9.72. The van der Waals surface area contributed by atoms with Crippen molar-refractivity contribution in [3.05, 3.63) is 11.4 Å². The molecule has 1 aromatic heterocycles. The van der Waals surface area contributed by atoms with E-state index in [-0.39, 0.29) is 17.2 Å². The molecule has 1 aliphatic heterocycles. The van der Waals surface area contributed by atoms with E-state index in [1.54, 1.807) is 0 Å². The average molecular weight is 295 g/mol. The molecule has 1 aliphatic rings. The highest BCUT2D eigenvalue weighted by Gasteiger charge is 2.48. The van der Waals surface area contributed by atoms with Crippen molar-refractivity contribution in [3.8, 4) is 0 Å². The van der Waals surface area contributed by atoms with Crippen LogP contribution in [0.25, 0.3) is 0 Å². The zero-order valence-electron chi connectivity index (χ0n) is 13.8. The number of hydrogen-bond acceptors (Lipinski definition) is 5. The third-order valence-electron chi connectivity index (χ3n) is 3.98. The Labute approximate surface area is 125 Å². The average Bonchev–Trinajstić information content (AvgIpc) is 2.86. The summed E-state index contributed by atoms with van der Waals surface area (Å²) in [5.41, 5.74) is 0.589. The van der Waals surface area contributed by atoms with Gasteiger partial charge in [-0.25, -0.2) is 9.48 Å². The van der Waals surface area contributed by atoms with Gasteiger partial charge in [-0.2, -0.15) is 0 Å². The van der Waals surface area contributed by atoms with Crippen molar-refractivity contribution >= 4 is 5.97 Å². The summed E-state index contributed by atoms with van der Waals surface area (Å²) >= 11 is 0. The fourth-order valence-corrected chi connectivity index (χ4v) is 3.20. The van der Waals surface area contributed by atoms with Crippen LogP contribution in [0.2, 0.25) is 0 Å². The fourth-order valence-electron chi connectivity index (χ4n) is 3.20. The van der Waals surface area contributed by atoms with Crippen LogP contribution in [-0.4, -0.2) is 39.3 Å². The van der Waals surface area contributed by atoms with E-state index in [2.05, 4.69) is 44.9 Å². The normalized spacial score (nSPS) is 23.2. The molecule has 6 nitrogen and oxygen atoms in total. The van der Waals surface area contributed by atoms with Gasteiger partial charge in [0.05, 0.1) is 30.0 Å². The van der Waals surface area contributed by atoms with Gasteiger partial charge in [-0.15, -0.1) is 5.10 Å². The summed E-state index contributed by atoms with van der Waals surface area (Å²) < 4.78 is 12.8. The quantitative estimate of drug-likeness (QED) is 0.799. The van der Waals surface area contributed by atoms with Crippen LogP contribution in [0.5, 0.6) is 0 Å². The zero-order chi connectivity index (χ0) is 15.8. The summed E-state index contributed by atoms with van der Waals surface area (Å²) in [6.07, 6.45) is 2.49. The van der Waals surface area contributed by atoms with Crippen LogP contribution < -0.4 is 0 Å². The molecule has 0 aromatic carbocycles. The van der Waals surface area contributed by atoms with Crippen LogP contribution in [0, 0.1) is 0 Å². The molecule has 1 saturated heterocycles. The smallest absolute Gasteiger partial charge is 0.360 e. The van der Waals surface area contributed by atoms with Crippen molar-refractivity contribution in [1.82, 2.24) is 15.0 Å². The molecule has 1 unspecified atom stereocenters. The summed E-state index contributed by atoms with van der Waals surface area (Å²) in [4.78, 5) is 11.9. The molecule has 0 spiro atoms. The van der Waals surface area contributed by atoms with Crippen LogP contribution in [0.1, 0.15) is 69.7 Å². The van der Waals surface area contributed by atoms with Crippen LogP contribution in [0.4, 0.5) is 0 Å². The molecule has 1 aromatic rings. The Morgan fingerprint density at radius 1 is 1.43 bits per heavy atom. The molecule has 0 bridgehead atoms. The second-order valence-corrected chi connectivity index (χ2v) is 6.76. The number of carbonyl (C=O) groups excluding carboxylic acids is 1. The highest BCUT2D eigenvalue weighted by atomic mass is 16.5. The topological polar surface area (TPSA) is 66.2 Å². The van der Waals surface area contributed by atoms with E-state index in [9.17, 15) is 4.79 Å². The molecule has 6 heteroatoms. The lowest BCUT2D eigenvalue weighted by molar-refractivity contribution is -0.0740. The largest absolute Gasteiger partial charge is 0.464 e. The molecule has 118 valence electrons. The standard InChI is InChI=1S/C15H25N3O3/c1-7-8-10-12(13(19)20-6)16-17-18(10)11-9-14(2,3)21-15(11,4)5/h11H,7-9H2,1-6H3. The van der Waals surface area contributed by atoms with Crippen molar-refractivity contribution in [3.63, 3.8) is 0 Å². The van der Waals surface area contributed by atoms with Crippen LogP contribution in [0.15, 0.2) is 0 Å². The van der Waals surface area contributed by atoms with E-state index < -0.39 is 5.97 Å². The van der Waals surface area contributed by atoms with Crippen molar-refractivity contribution in [1.29, 1.82) is 0 Å². The minimum Gasteiger partial charge on any atom is -0.464 e. The SMILES string of the molecule is CCCc1c(C(=O)OC)nnn1C1CC(C)(C)OC1(C)C. The van der Waals surface area contributed by atoms with Gasteiger partial charge in [0.2, 0.25) is 0 Å². The molecule has 0 amide bonds.